The first-order valence-electron chi connectivity index (χ1n) is 8.32. The van der Waals surface area contributed by atoms with E-state index in [1.807, 2.05) is 24.3 Å². The number of anilines is 2. The first kappa shape index (κ1) is 19.3. The van der Waals surface area contributed by atoms with E-state index in [9.17, 15) is 0 Å². The molecule has 7 heteroatoms. The largest absolute Gasteiger partial charge is 0.437 e. The van der Waals surface area contributed by atoms with Crippen LogP contribution >= 0.6 is 23.2 Å². The molecule has 3 rings (SSSR count). The molecule has 0 saturated carbocycles. The molecule has 0 radical (unpaired) electrons. The standard InChI is InChI=1S/C20H20Cl2N4O/c1-20(2,3)12-6-4-11(5-7-12)16-17(23)25-19(24)26-18(16)27-15-9-8-13(21)10-14(15)22/h4-10H,1-3H3,(H4,23,24,25,26). The van der Waals surface area contributed by atoms with Crippen molar-refractivity contribution in [3.05, 3.63) is 58.1 Å². The number of hydrogen-bond acceptors (Lipinski definition) is 5. The average molecular weight is 403 g/mol. The van der Waals surface area contributed by atoms with Gasteiger partial charge in [-0.1, -0.05) is 68.2 Å². The quantitative estimate of drug-likeness (QED) is 0.585. The molecule has 1 aromatic heterocycles. The summed E-state index contributed by atoms with van der Waals surface area (Å²) in [6, 6.07) is 12.9. The Morgan fingerprint density at radius 2 is 1.59 bits per heavy atom. The molecule has 0 aliphatic carbocycles. The first-order valence-corrected chi connectivity index (χ1v) is 9.07. The second kappa shape index (κ2) is 7.25. The molecule has 4 N–H and O–H groups in total. The van der Waals surface area contributed by atoms with E-state index in [-0.39, 0.29) is 23.1 Å². The van der Waals surface area contributed by atoms with E-state index in [0.29, 0.717) is 21.4 Å². The molecule has 0 bridgehead atoms. The molecule has 0 saturated heterocycles. The summed E-state index contributed by atoms with van der Waals surface area (Å²) < 4.78 is 5.91. The van der Waals surface area contributed by atoms with Crippen LogP contribution in [0.25, 0.3) is 11.1 Å². The van der Waals surface area contributed by atoms with Crippen molar-refractivity contribution in [1.29, 1.82) is 0 Å². The number of nitrogens with zero attached hydrogens (tertiary/aromatic N) is 2. The van der Waals surface area contributed by atoms with Crippen LogP contribution in [-0.2, 0) is 5.41 Å². The second-order valence-corrected chi connectivity index (χ2v) is 7.99. The normalized spacial score (nSPS) is 11.4. The molecule has 0 aliphatic rings. The maximum absolute atomic E-state index is 6.21. The lowest BCUT2D eigenvalue weighted by Gasteiger charge is -2.19. The SMILES string of the molecule is CC(C)(C)c1ccc(-c2c(N)nc(N)nc2Oc2ccc(Cl)cc2Cl)cc1. The number of hydrogen-bond donors (Lipinski definition) is 2. The third kappa shape index (κ3) is 4.26. The van der Waals surface area contributed by atoms with Crippen molar-refractivity contribution in [2.45, 2.75) is 26.2 Å². The van der Waals surface area contributed by atoms with Crippen LogP contribution in [0.5, 0.6) is 11.6 Å². The van der Waals surface area contributed by atoms with E-state index < -0.39 is 0 Å². The van der Waals surface area contributed by atoms with Crippen molar-refractivity contribution in [1.82, 2.24) is 9.97 Å². The van der Waals surface area contributed by atoms with Gasteiger partial charge in [-0.15, -0.1) is 0 Å². The minimum Gasteiger partial charge on any atom is -0.437 e. The number of ether oxygens (including phenoxy) is 1. The van der Waals surface area contributed by atoms with Gasteiger partial charge in [-0.05, 0) is 34.7 Å². The van der Waals surface area contributed by atoms with Crippen LogP contribution in [0.1, 0.15) is 26.3 Å². The van der Waals surface area contributed by atoms with Crippen LogP contribution in [0.4, 0.5) is 11.8 Å². The van der Waals surface area contributed by atoms with E-state index in [1.54, 1.807) is 18.2 Å². The summed E-state index contributed by atoms with van der Waals surface area (Å²) in [5, 5.41) is 0.861. The van der Waals surface area contributed by atoms with Gasteiger partial charge in [0.2, 0.25) is 11.8 Å². The first-order chi connectivity index (χ1) is 12.6. The third-order valence-corrected chi connectivity index (χ3v) is 4.59. The lowest BCUT2D eigenvalue weighted by Crippen LogP contribution is -2.10. The fraction of sp³-hybridized carbons (Fsp3) is 0.200. The van der Waals surface area contributed by atoms with Crippen molar-refractivity contribution >= 4 is 35.0 Å². The Balaban J connectivity index is 2.08. The van der Waals surface area contributed by atoms with Gasteiger partial charge in [-0.3, -0.25) is 0 Å². The minimum absolute atomic E-state index is 0.0163. The highest BCUT2D eigenvalue weighted by molar-refractivity contribution is 6.35. The number of nitrogen functional groups attached to an aromatic ring is 2. The Labute approximate surface area is 168 Å². The number of rotatable bonds is 3. The molecular weight excluding hydrogens is 383 g/mol. The molecule has 0 aliphatic heterocycles. The molecule has 3 aromatic rings. The summed E-state index contributed by atoms with van der Waals surface area (Å²) in [7, 11) is 0. The smallest absolute Gasteiger partial charge is 0.234 e. The van der Waals surface area contributed by atoms with Gasteiger partial charge in [-0.25, -0.2) is 0 Å². The number of nitrogens with two attached hydrogens (primary N) is 2. The Bertz CT molecular complexity index is 983. The molecule has 0 atom stereocenters. The van der Waals surface area contributed by atoms with Gasteiger partial charge in [0, 0.05) is 5.02 Å². The van der Waals surface area contributed by atoms with Crippen molar-refractivity contribution in [2.24, 2.45) is 0 Å². The second-order valence-electron chi connectivity index (χ2n) is 7.15. The van der Waals surface area contributed by atoms with E-state index >= 15 is 0 Å². The molecule has 0 unspecified atom stereocenters. The van der Waals surface area contributed by atoms with Gasteiger partial charge in [0.25, 0.3) is 0 Å². The van der Waals surface area contributed by atoms with E-state index in [2.05, 4.69) is 30.7 Å². The maximum atomic E-state index is 6.21. The fourth-order valence-electron chi connectivity index (χ4n) is 2.62. The monoisotopic (exact) mass is 402 g/mol. The molecule has 0 amide bonds. The zero-order valence-corrected chi connectivity index (χ0v) is 16.8. The zero-order valence-electron chi connectivity index (χ0n) is 15.3. The number of aromatic nitrogens is 2. The summed E-state index contributed by atoms with van der Waals surface area (Å²) in [5.41, 5.74) is 14.5. The number of benzene rings is 2. The Morgan fingerprint density at radius 3 is 2.19 bits per heavy atom. The lowest BCUT2D eigenvalue weighted by atomic mass is 9.86. The topological polar surface area (TPSA) is 87.0 Å². The van der Waals surface area contributed by atoms with Gasteiger partial charge < -0.3 is 16.2 Å². The summed E-state index contributed by atoms with van der Waals surface area (Å²) in [6.45, 7) is 6.46. The predicted octanol–water partition coefficient (Wildman–Crippen LogP) is 5.70. The van der Waals surface area contributed by atoms with Gasteiger partial charge in [0.05, 0.1) is 10.6 Å². The van der Waals surface area contributed by atoms with E-state index in [1.165, 1.54) is 5.56 Å². The van der Waals surface area contributed by atoms with Crippen molar-refractivity contribution in [3.8, 4) is 22.8 Å². The van der Waals surface area contributed by atoms with Crippen LogP contribution in [-0.4, -0.2) is 9.97 Å². The third-order valence-electron chi connectivity index (χ3n) is 4.06. The molecule has 27 heavy (non-hydrogen) atoms. The van der Waals surface area contributed by atoms with Crippen LogP contribution in [0, 0.1) is 0 Å². The minimum atomic E-state index is 0.0163. The van der Waals surface area contributed by atoms with Crippen LogP contribution in [0.15, 0.2) is 42.5 Å². The van der Waals surface area contributed by atoms with Gasteiger partial charge in [0.1, 0.15) is 11.6 Å². The van der Waals surface area contributed by atoms with Crippen LogP contribution < -0.4 is 16.2 Å². The van der Waals surface area contributed by atoms with Crippen LogP contribution in [0.3, 0.4) is 0 Å². The van der Waals surface area contributed by atoms with Crippen LogP contribution in [0.2, 0.25) is 10.0 Å². The number of halogens is 2. The van der Waals surface area contributed by atoms with E-state index in [0.717, 1.165) is 5.56 Å². The summed E-state index contributed by atoms with van der Waals surface area (Å²) in [5.74, 6) is 0.868. The summed E-state index contributed by atoms with van der Waals surface area (Å²) in [6.07, 6.45) is 0. The van der Waals surface area contributed by atoms with Gasteiger partial charge >= 0.3 is 0 Å². The highest BCUT2D eigenvalue weighted by atomic mass is 35.5. The van der Waals surface area contributed by atoms with Crippen molar-refractivity contribution in [3.63, 3.8) is 0 Å². The van der Waals surface area contributed by atoms with E-state index in [4.69, 9.17) is 39.4 Å². The maximum Gasteiger partial charge on any atom is 0.234 e. The van der Waals surface area contributed by atoms with Gasteiger partial charge in [0.15, 0.2) is 0 Å². The fourth-order valence-corrected chi connectivity index (χ4v) is 3.07. The zero-order chi connectivity index (χ0) is 19.8. The Hall–Kier alpha value is -2.50. The predicted molar refractivity (Wildman–Crippen MR) is 112 cm³/mol. The Morgan fingerprint density at radius 1 is 0.926 bits per heavy atom. The molecule has 0 fully saturated rings. The van der Waals surface area contributed by atoms with Crippen molar-refractivity contribution in [2.75, 3.05) is 11.5 Å². The average Bonchev–Trinajstić information content (AvgIpc) is 2.56. The molecule has 0 spiro atoms. The summed E-state index contributed by atoms with van der Waals surface area (Å²) in [4.78, 5) is 8.28. The lowest BCUT2D eigenvalue weighted by molar-refractivity contribution is 0.465. The summed E-state index contributed by atoms with van der Waals surface area (Å²) >= 11 is 12.2. The highest BCUT2D eigenvalue weighted by Gasteiger charge is 2.19. The van der Waals surface area contributed by atoms with Crippen molar-refractivity contribution < 1.29 is 4.74 Å². The Kier molecular flexibility index (Phi) is 5.18. The van der Waals surface area contributed by atoms with Gasteiger partial charge in [-0.2, -0.15) is 9.97 Å². The molecule has 5 nitrogen and oxygen atoms in total. The molecule has 140 valence electrons. The molecular formula is C20H20Cl2N4O. The highest BCUT2D eigenvalue weighted by Crippen LogP contribution is 2.39. The molecule has 1 heterocycles. The molecule has 2 aromatic carbocycles.